The third kappa shape index (κ3) is 4.63. The number of hydrogen-bond acceptors (Lipinski definition) is 6. The molecule has 31 heavy (non-hydrogen) atoms. The van der Waals surface area contributed by atoms with E-state index in [0.717, 1.165) is 31.4 Å². The molecule has 0 radical (unpaired) electrons. The van der Waals surface area contributed by atoms with Crippen LogP contribution in [0.5, 0.6) is 0 Å². The molecule has 1 amide bonds. The SMILES string of the molecule is N#CCC1(n2cc(C(N)=O)c(NC(O)C3CC3)n2)CCC(Nc2ccccc2Cl)CC1. The number of halogens is 1. The summed E-state index contributed by atoms with van der Waals surface area (Å²) in [6, 6.07) is 10.2. The third-order valence-corrected chi connectivity index (χ3v) is 6.71. The molecule has 1 unspecified atom stereocenters. The van der Waals surface area contributed by atoms with Crippen LogP contribution in [0.4, 0.5) is 11.5 Å². The third-order valence-electron chi connectivity index (χ3n) is 6.38. The topological polar surface area (TPSA) is 129 Å². The number of carbonyl (C=O) groups excluding carboxylic acids is 1. The Morgan fingerprint density at radius 1 is 1.35 bits per heavy atom. The lowest BCUT2D eigenvalue weighted by Gasteiger charge is -2.39. The summed E-state index contributed by atoms with van der Waals surface area (Å²) in [6.45, 7) is 0. The Hall–Kier alpha value is -2.76. The highest BCUT2D eigenvalue weighted by Crippen LogP contribution is 2.40. The molecule has 2 aliphatic carbocycles. The first-order valence-electron chi connectivity index (χ1n) is 10.6. The number of primary amides is 1. The Balaban J connectivity index is 1.52. The number of aliphatic hydroxyl groups is 1. The Kier molecular flexibility index (Phi) is 6.08. The van der Waals surface area contributed by atoms with E-state index < -0.39 is 17.7 Å². The summed E-state index contributed by atoms with van der Waals surface area (Å²) in [7, 11) is 0. The number of nitriles is 1. The number of anilines is 2. The number of aliphatic hydroxyl groups excluding tert-OH is 1. The van der Waals surface area contributed by atoms with E-state index in [9.17, 15) is 15.2 Å². The van der Waals surface area contributed by atoms with Crippen molar-refractivity contribution in [3.8, 4) is 6.07 Å². The van der Waals surface area contributed by atoms with Crippen LogP contribution in [-0.4, -0.2) is 33.1 Å². The van der Waals surface area contributed by atoms with Gasteiger partial charge in [-0.05, 0) is 50.7 Å². The van der Waals surface area contributed by atoms with Crippen molar-refractivity contribution >= 4 is 29.0 Å². The lowest BCUT2D eigenvalue weighted by molar-refractivity contribution is 0.1000. The van der Waals surface area contributed by atoms with Crippen LogP contribution in [0.15, 0.2) is 30.5 Å². The van der Waals surface area contributed by atoms with E-state index in [2.05, 4.69) is 21.8 Å². The number of amides is 1. The number of benzene rings is 1. The van der Waals surface area contributed by atoms with Crippen LogP contribution in [-0.2, 0) is 5.54 Å². The van der Waals surface area contributed by atoms with Gasteiger partial charge in [0.25, 0.3) is 5.91 Å². The van der Waals surface area contributed by atoms with Crippen molar-refractivity contribution in [1.82, 2.24) is 9.78 Å². The molecule has 2 saturated carbocycles. The van der Waals surface area contributed by atoms with E-state index in [0.29, 0.717) is 17.9 Å². The summed E-state index contributed by atoms with van der Waals surface area (Å²) in [4.78, 5) is 12.0. The first-order valence-corrected chi connectivity index (χ1v) is 11.0. The lowest BCUT2D eigenvalue weighted by atomic mass is 9.77. The molecule has 1 aromatic carbocycles. The van der Waals surface area contributed by atoms with Crippen LogP contribution in [0.3, 0.4) is 0 Å². The van der Waals surface area contributed by atoms with Gasteiger partial charge in [-0.2, -0.15) is 10.4 Å². The van der Waals surface area contributed by atoms with E-state index in [1.54, 1.807) is 10.9 Å². The van der Waals surface area contributed by atoms with Crippen molar-refractivity contribution in [1.29, 1.82) is 5.26 Å². The highest BCUT2D eigenvalue weighted by atomic mass is 35.5. The molecule has 0 spiro atoms. The lowest BCUT2D eigenvalue weighted by Crippen LogP contribution is -2.41. The average Bonchev–Trinajstić information content (AvgIpc) is 3.51. The molecule has 0 bridgehead atoms. The maximum Gasteiger partial charge on any atom is 0.254 e. The smallest absolute Gasteiger partial charge is 0.254 e. The molecular weight excluding hydrogens is 416 g/mol. The molecule has 4 rings (SSSR count). The highest BCUT2D eigenvalue weighted by Gasteiger charge is 2.39. The second-order valence-electron chi connectivity index (χ2n) is 8.58. The first kappa shape index (κ1) is 21.5. The maximum absolute atomic E-state index is 12.0. The number of rotatable bonds is 8. The fourth-order valence-electron chi connectivity index (χ4n) is 4.31. The van der Waals surface area contributed by atoms with Crippen LogP contribution in [0.25, 0.3) is 0 Å². The highest BCUT2D eigenvalue weighted by molar-refractivity contribution is 6.33. The Labute approximate surface area is 186 Å². The largest absolute Gasteiger partial charge is 0.381 e. The van der Waals surface area contributed by atoms with Crippen molar-refractivity contribution in [2.75, 3.05) is 10.6 Å². The molecule has 164 valence electrons. The van der Waals surface area contributed by atoms with Crippen molar-refractivity contribution < 1.29 is 9.90 Å². The predicted molar refractivity (Wildman–Crippen MR) is 119 cm³/mol. The predicted octanol–water partition coefficient (Wildman–Crippen LogP) is 3.44. The number of nitrogens with one attached hydrogen (secondary N) is 2. The fourth-order valence-corrected chi connectivity index (χ4v) is 4.50. The molecule has 1 aromatic heterocycles. The number of para-hydroxylation sites is 1. The minimum Gasteiger partial charge on any atom is -0.381 e. The molecular formula is C22H27ClN6O2. The Bertz CT molecular complexity index is 988. The van der Waals surface area contributed by atoms with Gasteiger partial charge in [-0.25, -0.2) is 0 Å². The summed E-state index contributed by atoms with van der Waals surface area (Å²) < 4.78 is 1.71. The number of hydrogen-bond donors (Lipinski definition) is 4. The van der Waals surface area contributed by atoms with E-state index in [1.165, 1.54) is 0 Å². The van der Waals surface area contributed by atoms with Crippen LogP contribution >= 0.6 is 11.6 Å². The summed E-state index contributed by atoms with van der Waals surface area (Å²) in [5, 5.41) is 31.5. The van der Waals surface area contributed by atoms with E-state index >= 15 is 0 Å². The zero-order chi connectivity index (χ0) is 22.0. The summed E-state index contributed by atoms with van der Waals surface area (Å²) in [6.07, 6.45) is 6.10. The van der Waals surface area contributed by atoms with Crippen molar-refractivity contribution in [2.24, 2.45) is 11.7 Å². The molecule has 1 atom stereocenters. The van der Waals surface area contributed by atoms with Gasteiger partial charge in [0.1, 0.15) is 11.8 Å². The zero-order valence-electron chi connectivity index (χ0n) is 17.2. The van der Waals surface area contributed by atoms with Gasteiger partial charge in [0.2, 0.25) is 0 Å². The molecule has 5 N–H and O–H groups in total. The molecule has 9 heteroatoms. The molecule has 0 saturated heterocycles. The Morgan fingerprint density at radius 3 is 2.68 bits per heavy atom. The summed E-state index contributed by atoms with van der Waals surface area (Å²) >= 11 is 6.27. The standard InChI is InChI=1S/C22H27ClN6O2/c23-17-3-1-2-4-18(17)26-15-7-9-22(10-8-15,11-12-24)29-13-16(19(25)30)20(28-29)27-21(31)14-5-6-14/h1-4,13-15,21,26,31H,5-11H2,(H2,25,30)(H,27,28). The number of nitrogens with zero attached hydrogens (tertiary/aromatic N) is 3. The van der Waals surface area contributed by atoms with Crippen molar-refractivity contribution in [3.05, 3.63) is 41.0 Å². The summed E-state index contributed by atoms with van der Waals surface area (Å²) in [5.41, 5.74) is 6.17. The zero-order valence-corrected chi connectivity index (χ0v) is 18.0. The van der Waals surface area contributed by atoms with Crippen LogP contribution < -0.4 is 16.4 Å². The fraction of sp³-hybridized carbons (Fsp3) is 0.500. The van der Waals surface area contributed by atoms with Crippen LogP contribution in [0.2, 0.25) is 5.02 Å². The molecule has 0 aliphatic heterocycles. The van der Waals surface area contributed by atoms with Gasteiger partial charge in [0.05, 0.1) is 28.7 Å². The van der Waals surface area contributed by atoms with Gasteiger partial charge in [0, 0.05) is 18.2 Å². The monoisotopic (exact) mass is 442 g/mol. The molecule has 2 aromatic rings. The van der Waals surface area contributed by atoms with Crippen molar-refractivity contribution in [3.63, 3.8) is 0 Å². The first-order chi connectivity index (χ1) is 14.9. The Morgan fingerprint density at radius 2 is 2.06 bits per heavy atom. The second-order valence-corrected chi connectivity index (χ2v) is 8.99. The van der Waals surface area contributed by atoms with Crippen molar-refractivity contribution in [2.45, 2.75) is 62.8 Å². The quantitative estimate of drug-likeness (QED) is 0.463. The van der Waals surface area contributed by atoms with Gasteiger partial charge in [-0.1, -0.05) is 23.7 Å². The molecule has 8 nitrogen and oxygen atoms in total. The molecule has 1 heterocycles. The molecule has 2 aliphatic rings. The number of nitrogens with two attached hydrogens (primary N) is 1. The van der Waals surface area contributed by atoms with Gasteiger partial charge >= 0.3 is 0 Å². The molecule has 2 fully saturated rings. The van der Waals surface area contributed by atoms with E-state index in [1.807, 2.05) is 24.3 Å². The van der Waals surface area contributed by atoms with E-state index in [-0.39, 0.29) is 29.8 Å². The number of aromatic nitrogens is 2. The normalized spacial score (nSPS) is 24.2. The van der Waals surface area contributed by atoms with Gasteiger partial charge in [-0.15, -0.1) is 0 Å². The van der Waals surface area contributed by atoms with Gasteiger partial charge in [0.15, 0.2) is 5.82 Å². The average molecular weight is 443 g/mol. The maximum atomic E-state index is 12.0. The van der Waals surface area contributed by atoms with Crippen LogP contribution in [0.1, 0.15) is 55.3 Å². The summed E-state index contributed by atoms with van der Waals surface area (Å²) in [5.74, 6) is -0.163. The number of carbonyl (C=O) groups is 1. The minimum absolute atomic E-state index is 0.172. The van der Waals surface area contributed by atoms with Gasteiger partial charge < -0.3 is 21.5 Å². The minimum atomic E-state index is -0.760. The van der Waals surface area contributed by atoms with Gasteiger partial charge in [-0.3, -0.25) is 9.48 Å². The van der Waals surface area contributed by atoms with E-state index in [4.69, 9.17) is 17.3 Å². The van der Waals surface area contributed by atoms with Crippen LogP contribution in [0, 0.1) is 17.2 Å². The second kappa shape index (κ2) is 8.77.